The van der Waals surface area contributed by atoms with Crippen molar-refractivity contribution in [2.75, 3.05) is 7.11 Å². The number of rotatable bonds is 21. The van der Waals surface area contributed by atoms with Crippen molar-refractivity contribution in [2.45, 2.75) is 133 Å². The highest BCUT2D eigenvalue weighted by molar-refractivity contribution is 5.27. The molecule has 0 aromatic rings. The van der Waals surface area contributed by atoms with Crippen molar-refractivity contribution in [3.05, 3.63) is 107 Å². The summed E-state index contributed by atoms with van der Waals surface area (Å²) >= 11 is 0. The quantitative estimate of drug-likeness (QED) is 0.0752. The lowest BCUT2D eigenvalue weighted by molar-refractivity contribution is 0.0254. The Balaban J connectivity index is 4.42. The van der Waals surface area contributed by atoms with Gasteiger partial charge in [-0.25, -0.2) is 0 Å². The summed E-state index contributed by atoms with van der Waals surface area (Å²) in [6.45, 7) is 22.2. The summed E-state index contributed by atoms with van der Waals surface area (Å²) in [7, 11) is 1.77. The predicted octanol–water partition coefficient (Wildman–Crippen LogP) is 13.2. The summed E-state index contributed by atoms with van der Waals surface area (Å²) < 4.78 is 5.48. The van der Waals surface area contributed by atoms with E-state index in [0.717, 1.165) is 44.4 Å². The van der Waals surface area contributed by atoms with Crippen LogP contribution >= 0.6 is 0 Å². The van der Waals surface area contributed by atoms with E-state index < -0.39 is 0 Å². The molecular formula is C41H66O. The minimum Gasteiger partial charge on any atom is -0.378 e. The Morgan fingerprint density at radius 3 is 1.90 bits per heavy atom. The van der Waals surface area contributed by atoms with Crippen LogP contribution in [-0.4, -0.2) is 12.7 Å². The second-order valence-corrected chi connectivity index (χ2v) is 13.2. The van der Waals surface area contributed by atoms with Gasteiger partial charge >= 0.3 is 0 Å². The van der Waals surface area contributed by atoms with E-state index in [9.17, 15) is 0 Å². The number of hydrogen-bond acceptors (Lipinski definition) is 1. The van der Waals surface area contributed by atoms with Gasteiger partial charge in [0.15, 0.2) is 0 Å². The normalized spacial score (nSPS) is 16.0. The first-order valence-corrected chi connectivity index (χ1v) is 16.4. The molecule has 0 N–H and O–H groups in total. The fourth-order valence-electron chi connectivity index (χ4n) is 4.26. The van der Waals surface area contributed by atoms with Crippen molar-refractivity contribution in [3.63, 3.8) is 0 Å². The molecule has 0 radical (unpaired) electrons. The molecule has 0 aromatic heterocycles. The largest absolute Gasteiger partial charge is 0.378 e. The lowest BCUT2D eigenvalue weighted by Gasteiger charge is -2.20. The fourth-order valence-corrected chi connectivity index (χ4v) is 4.26. The van der Waals surface area contributed by atoms with Gasteiger partial charge in [-0.1, -0.05) is 134 Å². The highest BCUT2D eigenvalue weighted by Crippen LogP contribution is 2.16. The zero-order valence-corrected chi connectivity index (χ0v) is 29.4. The van der Waals surface area contributed by atoms with Gasteiger partial charge in [-0.3, -0.25) is 0 Å². The van der Waals surface area contributed by atoms with E-state index in [1.807, 2.05) is 0 Å². The van der Waals surface area contributed by atoms with Crippen LogP contribution in [0, 0.1) is 11.8 Å². The molecule has 0 aliphatic heterocycles. The van der Waals surface area contributed by atoms with E-state index in [-0.39, 0.29) is 5.60 Å². The van der Waals surface area contributed by atoms with Crippen LogP contribution in [0.4, 0.5) is 0 Å². The van der Waals surface area contributed by atoms with Crippen LogP contribution in [0.15, 0.2) is 107 Å². The summed E-state index contributed by atoms with van der Waals surface area (Å²) in [6.07, 6.45) is 39.7. The molecular weight excluding hydrogens is 508 g/mol. The molecule has 0 saturated heterocycles. The minimum absolute atomic E-state index is 0.0857. The van der Waals surface area contributed by atoms with Gasteiger partial charge in [0.1, 0.15) is 0 Å². The van der Waals surface area contributed by atoms with Gasteiger partial charge in [0, 0.05) is 7.11 Å². The Morgan fingerprint density at radius 1 is 0.690 bits per heavy atom. The molecule has 1 nitrogen and oxygen atoms in total. The Morgan fingerprint density at radius 2 is 1.31 bits per heavy atom. The fraction of sp³-hybridized carbons (Fsp3) is 0.561. The van der Waals surface area contributed by atoms with Gasteiger partial charge in [0.25, 0.3) is 0 Å². The molecule has 0 spiro atoms. The monoisotopic (exact) mass is 575 g/mol. The lowest BCUT2D eigenvalue weighted by atomic mass is 10.0. The molecule has 0 heterocycles. The molecule has 0 fully saturated rings. The van der Waals surface area contributed by atoms with Gasteiger partial charge < -0.3 is 4.74 Å². The number of ether oxygens (including phenoxy) is 1. The molecule has 236 valence electrons. The first-order valence-electron chi connectivity index (χ1n) is 16.4. The number of unbranched alkanes of at least 4 members (excludes halogenated alkanes) is 1. The van der Waals surface area contributed by atoms with E-state index in [2.05, 4.69) is 148 Å². The van der Waals surface area contributed by atoms with E-state index >= 15 is 0 Å². The van der Waals surface area contributed by atoms with Gasteiger partial charge in [0.2, 0.25) is 0 Å². The van der Waals surface area contributed by atoms with Crippen LogP contribution in [0.2, 0.25) is 0 Å². The molecule has 1 atom stereocenters. The van der Waals surface area contributed by atoms with Gasteiger partial charge in [-0.2, -0.15) is 0 Å². The molecule has 1 heteroatoms. The second kappa shape index (κ2) is 24.1. The van der Waals surface area contributed by atoms with Gasteiger partial charge in [0.05, 0.1) is 5.60 Å². The molecule has 0 aliphatic carbocycles. The Kier molecular flexibility index (Phi) is 22.7. The summed E-state index contributed by atoms with van der Waals surface area (Å²) in [5.41, 5.74) is 6.82. The highest BCUT2D eigenvalue weighted by atomic mass is 16.5. The summed E-state index contributed by atoms with van der Waals surface area (Å²) in [6, 6.07) is 0. The first-order chi connectivity index (χ1) is 19.8. The van der Waals surface area contributed by atoms with Crippen molar-refractivity contribution < 1.29 is 4.74 Å². The van der Waals surface area contributed by atoms with E-state index in [4.69, 9.17) is 4.74 Å². The van der Waals surface area contributed by atoms with E-state index in [0.29, 0.717) is 5.92 Å². The van der Waals surface area contributed by atoms with E-state index in [1.165, 1.54) is 41.6 Å². The molecule has 0 aromatic carbocycles. The summed E-state index contributed by atoms with van der Waals surface area (Å²) in [5.74, 6) is 1.34. The van der Waals surface area contributed by atoms with Crippen molar-refractivity contribution >= 4 is 0 Å². The molecule has 0 rings (SSSR count). The third kappa shape index (κ3) is 25.3. The van der Waals surface area contributed by atoms with Crippen molar-refractivity contribution in [1.82, 2.24) is 0 Å². The Bertz CT molecular complexity index is 997. The van der Waals surface area contributed by atoms with Crippen LogP contribution in [0.1, 0.15) is 127 Å². The zero-order chi connectivity index (χ0) is 31.8. The van der Waals surface area contributed by atoms with Gasteiger partial charge in [-0.05, 0) is 112 Å². The average Bonchev–Trinajstić information content (AvgIpc) is 2.91. The SMILES string of the molecule is COC(C)(C)C/C=C/C(C)C/C=C/C(C)=C/C=C/C(C)=C\CC/C=C(C)/C=C/C=C(\C)CC/C=C(\C)CCCC(C)C. The molecule has 0 amide bonds. The van der Waals surface area contributed by atoms with Crippen LogP contribution in [0.25, 0.3) is 0 Å². The molecule has 1 unspecified atom stereocenters. The van der Waals surface area contributed by atoms with Crippen LogP contribution < -0.4 is 0 Å². The standard InChI is InChI=1S/C41H66O/c1-34(2)20-14-23-37(5)26-17-29-38(6)27-15-24-35(3)21-12-13-22-36(4)25-16-28-39(7)30-18-31-40(8)32-19-33-41(9,10)42-11/h15-16,18-19,21-22,24-28,30,32,34,40H,12-14,17,20,23,29,31,33H2,1-11H3/b24-15+,25-16+,30-18+,32-19+,35-21+,36-22-,37-26+,38-27+,39-28+. The van der Waals surface area contributed by atoms with Crippen molar-refractivity contribution in [2.24, 2.45) is 11.8 Å². The molecule has 42 heavy (non-hydrogen) atoms. The maximum Gasteiger partial charge on any atom is 0.0657 e. The summed E-state index contributed by atoms with van der Waals surface area (Å²) in [5, 5.41) is 0. The maximum atomic E-state index is 5.48. The number of methoxy groups -OCH3 is 1. The van der Waals surface area contributed by atoms with E-state index in [1.54, 1.807) is 12.7 Å². The average molecular weight is 575 g/mol. The maximum absolute atomic E-state index is 5.48. The second-order valence-electron chi connectivity index (χ2n) is 13.2. The summed E-state index contributed by atoms with van der Waals surface area (Å²) in [4.78, 5) is 0. The van der Waals surface area contributed by atoms with Crippen LogP contribution in [0.3, 0.4) is 0 Å². The van der Waals surface area contributed by atoms with Gasteiger partial charge in [-0.15, -0.1) is 0 Å². The van der Waals surface area contributed by atoms with Crippen molar-refractivity contribution in [1.29, 1.82) is 0 Å². The highest BCUT2D eigenvalue weighted by Gasteiger charge is 2.13. The third-order valence-electron chi connectivity index (χ3n) is 7.46. The number of hydrogen-bond donors (Lipinski definition) is 0. The lowest BCUT2D eigenvalue weighted by Crippen LogP contribution is -2.20. The minimum atomic E-state index is -0.0857. The zero-order valence-electron chi connectivity index (χ0n) is 29.4. The molecule has 0 bridgehead atoms. The van der Waals surface area contributed by atoms with Crippen LogP contribution in [-0.2, 0) is 4.74 Å². The van der Waals surface area contributed by atoms with Crippen LogP contribution in [0.5, 0.6) is 0 Å². The third-order valence-corrected chi connectivity index (χ3v) is 7.46. The predicted molar refractivity (Wildman–Crippen MR) is 192 cm³/mol. The smallest absolute Gasteiger partial charge is 0.0657 e. The van der Waals surface area contributed by atoms with Crippen molar-refractivity contribution in [3.8, 4) is 0 Å². The Hall–Kier alpha value is -2.38. The number of allylic oxidation sites excluding steroid dienone is 17. The molecule has 0 aliphatic rings. The topological polar surface area (TPSA) is 9.23 Å². The first kappa shape index (κ1) is 39.6. The molecule has 0 saturated carbocycles. The Labute approximate surface area is 262 Å².